The molecule has 3 rings (SSSR count). The van der Waals surface area contributed by atoms with Gasteiger partial charge in [-0.15, -0.1) is 11.3 Å². The van der Waals surface area contributed by atoms with Crippen molar-refractivity contribution in [2.24, 2.45) is 5.41 Å². The first-order valence-corrected chi connectivity index (χ1v) is 9.60. The molecule has 0 fully saturated rings. The number of hydrogen-bond donors (Lipinski definition) is 1. The van der Waals surface area contributed by atoms with Gasteiger partial charge in [0, 0.05) is 30.2 Å². The second-order valence-electron chi connectivity index (χ2n) is 7.85. The Morgan fingerprint density at radius 1 is 1.27 bits per heavy atom. The van der Waals surface area contributed by atoms with Crippen molar-refractivity contribution >= 4 is 22.2 Å². The summed E-state index contributed by atoms with van der Waals surface area (Å²) < 4.78 is 1.88. The highest BCUT2D eigenvalue weighted by Gasteiger charge is 2.22. The monoisotopic (exact) mass is 370 g/mol. The lowest BCUT2D eigenvalue weighted by atomic mass is 9.93. The van der Waals surface area contributed by atoms with Gasteiger partial charge >= 0.3 is 0 Å². The number of aromatic nitrogens is 2. The largest absolute Gasteiger partial charge is 0.350 e. The van der Waals surface area contributed by atoms with Crippen molar-refractivity contribution in [3.63, 3.8) is 0 Å². The SMILES string of the molecule is Cc1ccc(-c2cn3c(C(=O)NCC(C)(C)CN(C)C)csc3n2)cc1. The standard InChI is InChI=1S/C20H26N4OS/c1-14-6-8-15(9-7-14)16-10-24-17(11-26-19(24)22-16)18(25)21-12-20(2,3)13-23(4)5/h6-11H,12-13H2,1-5H3,(H,21,25). The number of nitrogens with zero attached hydrogens (tertiary/aromatic N) is 3. The van der Waals surface area contributed by atoms with Crippen LogP contribution in [-0.2, 0) is 0 Å². The molecule has 0 aliphatic heterocycles. The van der Waals surface area contributed by atoms with Crippen molar-refractivity contribution in [2.45, 2.75) is 20.8 Å². The summed E-state index contributed by atoms with van der Waals surface area (Å²) in [5.41, 5.74) is 3.81. The fourth-order valence-electron chi connectivity index (χ4n) is 3.13. The molecule has 0 radical (unpaired) electrons. The molecule has 0 atom stereocenters. The molecule has 138 valence electrons. The van der Waals surface area contributed by atoms with Crippen LogP contribution >= 0.6 is 11.3 Å². The number of benzene rings is 1. The second-order valence-corrected chi connectivity index (χ2v) is 8.69. The third kappa shape index (κ3) is 4.14. The number of fused-ring (bicyclic) bond motifs is 1. The van der Waals surface area contributed by atoms with E-state index in [1.807, 2.05) is 30.1 Å². The Labute approximate surface area is 158 Å². The number of amides is 1. The van der Waals surface area contributed by atoms with Crippen LogP contribution < -0.4 is 5.32 Å². The summed E-state index contributed by atoms with van der Waals surface area (Å²) in [7, 11) is 4.09. The van der Waals surface area contributed by atoms with Gasteiger partial charge < -0.3 is 10.2 Å². The van der Waals surface area contributed by atoms with E-state index >= 15 is 0 Å². The second kappa shape index (κ2) is 7.21. The lowest BCUT2D eigenvalue weighted by molar-refractivity contribution is 0.0923. The van der Waals surface area contributed by atoms with Crippen LogP contribution in [-0.4, -0.2) is 47.4 Å². The first kappa shape index (κ1) is 18.6. The van der Waals surface area contributed by atoms with E-state index in [1.54, 1.807) is 0 Å². The van der Waals surface area contributed by atoms with Gasteiger partial charge in [0.1, 0.15) is 5.69 Å². The quantitative estimate of drug-likeness (QED) is 0.720. The van der Waals surface area contributed by atoms with Crippen molar-refractivity contribution in [3.8, 4) is 11.3 Å². The van der Waals surface area contributed by atoms with Crippen molar-refractivity contribution in [1.82, 2.24) is 19.6 Å². The molecule has 0 aliphatic rings. The van der Waals surface area contributed by atoms with E-state index in [-0.39, 0.29) is 11.3 Å². The summed E-state index contributed by atoms with van der Waals surface area (Å²) in [6.45, 7) is 7.91. The molecule has 2 heterocycles. The molecule has 0 bridgehead atoms. The summed E-state index contributed by atoms with van der Waals surface area (Å²) in [6, 6.07) is 8.27. The predicted octanol–water partition coefficient (Wildman–Crippen LogP) is 3.69. The van der Waals surface area contributed by atoms with E-state index in [0.29, 0.717) is 12.2 Å². The number of thiazole rings is 1. The molecule has 6 heteroatoms. The molecule has 0 spiro atoms. The highest BCUT2D eigenvalue weighted by Crippen LogP contribution is 2.24. The molecule has 5 nitrogen and oxygen atoms in total. The van der Waals surface area contributed by atoms with Crippen molar-refractivity contribution in [2.75, 3.05) is 27.2 Å². The van der Waals surface area contributed by atoms with Gasteiger partial charge in [0.25, 0.3) is 5.91 Å². The van der Waals surface area contributed by atoms with E-state index < -0.39 is 0 Å². The van der Waals surface area contributed by atoms with Crippen LogP contribution in [0.4, 0.5) is 0 Å². The maximum absolute atomic E-state index is 12.7. The molecule has 1 amide bonds. The van der Waals surface area contributed by atoms with Crippen molar-refractivity contribution in [3.05, 3.63) is 47.1 Å². The smallest absolute Gasteiger partial charge is 0.269 e. The van der Waals surface area contributed by atoms with Gasteiger partial charge in [-0.3, -0.25) is 9.20 Å². The van der Waals surface area contributed by atoms with E-state index in [2.05, 4.69) is 60.2 Å². The minimum Gasteiger partial charge on any atom is -0.350 e. The topological polar surface area (TPSA) is 49.6 Å². The Bertz CT molecular complexity index is 906. The van der Waals surface area contributed by atoms with E-state index in [0.717, 1.165) is 22.8 Å². The molecule has 2 aromatic heterocycles. The van der Waals surface area contributed by atoms with Crippen LogP contribution in [0.1, 0.15) is 29.9 Å². The first-order valence-electron chi connectivity index (χ1n) is 8.72. The van der Waals surface area contributed by atoms with Crippen LogP contribution in [0, 0.1) is 12.3 Å². The summed E-state index contributed by atoms with van der Waals surface area (Å²) in [5, 5.41) is 4.94. The number of hydrogen-bond acceptors (Lipinski definition) is 4. The molecule has 0 saturated carbocycles. The van der Waals surface area contributed by atoms with Gasteiger partial charge in [-0.05, 0) is 26.4 Å². The normalized spacial score (nSPS) is 12.1. The van der Waals surface area contributed by atoms with Crippen LogP contribution in [0.3, 0.4) is 0 Å². The summed E-state index contributed by atoms with van der Waals surface area (Å²) in [4.78, 5) is 20.3. The average Bonchev–Trinajstić information content (AvgIpc) is 3.12. The molecule has 0 aliphatic carbocycles. The van der Waals surface area contributed by atoms with Crippen LogP contribution in [0.2, 0.25) is 0 Å². The Hall–Kier alpha value is -2.18. The molecular formula is C20H26N4OS. The number of rotatable bonds is 6. The summed E-state index contributed by atoms with van der Waals surface area (Å²) in [5.74, 6) is -0.0593. The van der Waals surface area contributed by atoms with Crippen molar-refractivity contribution in [1.29, 1.82) is 0 Å². The molecule has 0 saturated heterocycles. The fourth-order valence-corrected chi connectivity index (χ4v) is 3.99. The number of carbonyl (C=O) groups excluding carboxylic acids is 1. The molecule has 26 heavy (non-hydrogen) atoms. The van der Waals surface area contributed by atoms with Crippen molar-refractivity contribution < 1.29 is 4.79 Å². The lowest BCUT2D eigenvalue weighted by Crippen LogP contribution is -2.40. The molecule has 1 N–H and O–H groups in total. The number of imidazole rings is 1. The Kier molecular flexibility index (Phi) is 5.16. The molecule has 3 aromatic rings. The van der Waals surface area contributed by atoms with E-state index in [1.165, 1.54) is 16.9 Å². The molecular weight excluding hydrogens is 344 g/mol. The maximum atomic E-state index is 12.7. The predicted molar refractivity (Wildman–Crippen MR) is 108 cm³/mol. The Morgan fingerprint density at radius 3 is 2.62 bits per heavy atom. The van der Waals surface area contributed by atoms with Gasteiger partial charge in [-0.1, -0.05) is 43.7 Å². The van der Waals surface area contributed by atoms with Gasteiger partial charge in [0.15, 0.2) is 4.96 Å². The van der Waals surface area contributed by atoms with Gasteiger partial charge in [-0.25, -0.2) is 4.98 Å². The van der Waals surface area contributed by atoms with Gasteiger partial charge in [0.05, 0.1) is 5.69 Å². The van der Waals surface area contributed by atoms with E-state index in [4.69, 9.17) is 0 Å². The zero-order valence-corrected chi connectivity index (χ0v) is 16.9. The van der Waals surface area contributed by atoms with Crippen LogP contribution in [0.5, 0.6) is 0 Å². The van der Waals surface area contributed by atoms with Crippen LogP contribution in [0.15, 0.2) is 35.8 Å². The number of nitrogens with one attached hydrogen (secondary N) is 1. The number of aryl methyl sites for hydroxylation is 1. The maximum Gasteiger partial charge on any atom is 0.269 e. The van der Waals surface area contributed by atoms with Gasteiger partial charge in [0.2, 0.25) is 0 Å². The van der Waals surface area contributed by atoms with E-state index in [9.17, 15) is 4.79 Å². The highest BCUT2D eigenvalue weighted by molar-refractivity contribution is 7.15. The Balaban J connectivity index is 1.78. The third-order valence-electron chi connectivity index (χ3n) is 4.26. The average molecular weight is 371 g/mol. The molecule has 1 aromatic carbocycles. The van der Waals surface area contributed by atoms with Crippen LogP contribution in [0.25, 0.3) is 16.2 Å². The fraction of sp³-hybridized carbons (Fsp3) is 0.400. The lowest BCUT2D eigenvalue weighted by Gasteiger charge is -2.28. The number of carbonyl (C=O) groups is 1. The third-order valence-corrected chi connectivity index (χ3v) is 5.10. The molecule has 0 unspecified atom stereocenters. The Morgan fingerprint density at radius 2 is 1.96 bits per heavy atom. The zero-order chi connectivity index (χ0) is 18.9. The van der Waals surface area contributed by atoms with Gasteiger partial charge in [-0.2, -0.15) is 0 Å². The first-order chi connectivity index (χ1) is 12.2. The highest BCUT2D eigenvalue weighted by atomic mass is 32.1. The summed E-state index contributed by atoms with van der Waals surface area (Å²) in [6.07, 6.45) is 1.94. The minimum absolute atomic E-state index is 0.0102. The minimum atomic E-state index is -0.0593. The summed E-state index contributed by atoms with van der Waals surface area (Å²) >= 11 is 1.49. The zero-order valence-electron chi connectivity index (χ0n) is 16.0.